The summed E-state index contributed by atoms with van der Waals surface area (Å²) < 4.78 is 26.7. The topological polar surface area (TPSA) is 79.3 Å². The van der Waals surface area contributed by atoms with Crippen molar-refractivity contribution in [1.82, 2.24) is 4.98 Å². The zero-order valence-electron chi connectivity index (χ0n) is 13.4. The quantitative estimate of drug-likeness (QED) is 0.454. The van der Waals surface area contributed by atoms with Gasteiger partial charge in [-0.15, -0.1) is 0 Å². The fraction of sp³-hybridized carbons (Fsp3) is 0.643. The number of aliphatic hydroxyl groups is 1. The highest BCUT2D eigenvalue weighted by Crippen LogP contribution is 2.14. The Balaban J connectivity index is 2.11. The van der Waals surface area contributed by atoms with Gasteiger partial charge >= 0.3 is 8.80 Å². The summed E-state index contributed by atoms with van der Waals surface area (Å²) in [6, 6.07) is 6.02. The minimum atomic E-state index is -2.53. The maximum Gasteiger partial charge on any atom is 0.500 e. The van der Waals surface area contributed by atoms with Crippen LogP contribution in [-0.2, 0) is 18.0 Å². The summed E-state index contributed by atoms with van der Waals surface area (Å²) in [5.74, 6) is 0.484. The number of pyridine rings is 1. The predicted molar refractivity (Wildman–Crippen MR) is 82.8 cm³/mol. The lowest BCUT2D eigenvalue weighted by atomic mass is 10.4. The van der Waals surface area contributed by atoms with E-state index in [0.717, 1.165) is 6.42 Å². The molecule has 1 aromatic heterocycles. The third-order valence-corrected chi connectivity index (χ3v) is 5.91. The van der Waals surface area contributed by atoms with Gasteiger partial charge in [-0.1, -0.05) is 6.07 Å². The van der Waals surface area contributed by atoms with Gasteiger partial charge in [-0.25, -0.2) is 4.98 Å². The van der Waals surface area contributed by atoms with Crippen LogP contribution in [0, 0.1) is 0 Å². The van der Waals surface area contributed by atoms with Gasteiger partial charge in [-0.2, -0.15) is 0 Å². The van der Waals surface area contributed by atoms with Crippen molar-refractivity contribution in [1.29, 1.82) is 0 Å². The first-order valence-corrected chi connectivity index (χ1v) is 9.04. The zero-order chi connectivity index (χ0) is 16.3. The molecule has 0 radical (unpaired) electrons. The summed E-state index contributed by atoms with van der Waals surface area (Å²) in [7, 11) is 2.22. The van der Waals surface area contributed by atoms with Crippen molar-refractivity contribution in [2.24, 2.45) is 0 Å². The van der Waals surface area contributed by atoms with Crippen LogP contribution < -0.4 is 4.74 Å². The molecule has 0 fully saturated rings. The van der Waals surface area contributed by atoms with Crippen molar-refractivity contribution >= 4 is 8.80 Å². The first-order valence-electron chi connectivity index (χ1n) is 7.11. The minimum absolute atomic E-state index is 0.143. The molecule has 0 aliphatic rings. The summed E-state index contributed by atoms with van der Waals surface area (Å²) in [6.45, 7) is 0.837. The largest absolute Gasteiger partial charge is 0.500 e. The van der Waals surface area contributed by atoms with Gasteiger partial charge in [0.15, 0.2) is 0 Å². The van der Waals surface area contributed by atoms with Crippen LogP contribution in [0.25, 0.3) is 0 Å². The van der Waals surface area contributed by atoms with E-state index >= 15 is 0 Å². The molecule has 0 saturated heterocycles. The molecule has 1 unspecified atom stereocenters. The second-order valence-electron chi connectivity index (χ2n) is 4.61. The molecule has 22 heavy (non-hydrogen) atoms. The fourth-order valence-electron chi connectivity index (χ4n) is 1.83. The number of aliphatic hydroxyl groups excluding tert-OH is 1. The van der Waals surface area contributed by atoms with Crippen LogP contribution in [0.3, 0.4) is 0 Å². The Kier molecular flexibility index (Phi) is 9.21. The first kappa shape index (κ1) is 19.0. The highest BCUT2D eigenvalue weighted by atomic mass is 28.4. The van der Waals surface area contributed by atoms with Gasteiger partial charge in [0, 0.05) is 46.2 Å². The molecule has 7 nitrogen and oxygen atoms in total. The van der Waals surface area contributed by atoms with Crippen LogP contribution in [0.15, 0.2) is 24.4 Å². The molecule has 1 heterocycles. The van der Waals surface area contributed by atoms with Crippen molar-refractivity contribution in [3.05, 3.63) is 24.4 Å². The van der Waals surface area contributed by atoms with Crippen LogP contribution >= 0.6 is 0 Å². The van der Waals surface area contributed by atoms with Crippen LogP contribution in [0.2, 0.25) is 6.04 Å². The smallest absolute Gasteiger partial charge is 0.475 e. The summed E-state index contributed by atoms with van der Waals surface area (Å²) in [6.07, 6.45) is 1.67. The van der Waals surface area contributed by atoms with E-state index in [1.54, 1.807) is 39.7 Å². The molecule has 8 heteroatoms. The molecule has 0 aliphatic heterocycles. The average Bonchev–Trinajstić information content (AvgIpc) is 2.58. The summed E-state index contributed by atoms with van der Waals surface area (Å²) in [5.41, 5.74) is 0. The molecule has 1 aromatic rings. The molecule has 126 valence electrons. The van der Waals surface area contributed by atoms with Crippen molar-refractivity contribution in [2.75, 3.05) is 41.2 Å². The van der Waals surface area contributed by atoms with E-state index in [1.807, 2.05) is 6.07 Å². The van der Waals surface area contributed by atoms with Gasteiger partial charge in [0.2, 0.25) is 5.88 Å². The Morgan fingerprint density at radius 3 is 2.45 bits per heavy atom. The maximum atomic E-state index is 9.77. The average molecular weight is 331 g/mol. The lowest BCUT2D eigenvalue weighted by Gasteiger charge is -2.24. The Morgan fingerprint density at radius 1 is 1.14 bits per heavy atom. The maximum absolute atomic E-state index is 9.77. The van der Waals surface area contributed by atoms with Gasteiger partial charge in [0.25, 0.3) is 0 Å². The Bertz CT molecular complexity index is 382. The third kappa shape index (κ3) is 6.82. The van der Waals surface area contributed by atoms with Gasteiger partial charge < -0.3 is 27.9 Å². The first-order chi connectivity index (χ1) is 10.7. The minimum Gasteiger partial charge on any atom is -0.475 e. The number of aromatic nitrogens is 1. The summed E-state index contributed by atoms with van der Waals surface area (Å²) in [4.78, 5) is 4.00. The van der Waals surface area contributed by atoms with Gasteiger partial charge in [-0.05, 0) is 12.5 Å². The molecule has 0 aliphatic carbocycles. The van der Waals surface area contributed by atoms with Gasteiger partial charge in [0.05, 0.1) is 6.61 Å². The number of hydrogen-bond donors (Lipinski definition) is 1. The molecule has 0 bridgehead atoms. The van der Waals surface area contributed by atoms with Crippen molar-refractivity contribution < 1.29 is 27.9 Å². The number of ether oxygens (including phenoxy) is 2. The number of hydrogen-bond acceptors (Lipinski definition) is 7. The molecule has 0 aromatic carbocycles. The van der Waals surface area contributed by atoms with E-state index in [-0.39, 0.29) is 13.2 Å². The zero-order valence-corrected chi connectivity index (χ0v) is 14.4. The molecule has 0 spiro atoms. The lowest BCUT2D eigenvalue weighted by Crippen LogP contribution is -2.42. The van der Waals surface area contributed by atoms with E-state index in [9.17, 15) is 5.11 Å². The Labute approximate surface area is 132 Å². The van der Waals surface area contributed by atoms with E-state index in [4.69, 9.17) is 22.8 Å². The van der Waals surface area contributed by atoms with Crippen LogP contribution in [0.5, 0.6) is 5.88 Å². The highest BCUT2D eigenvalue weighted by Gasteiger charge is 2.36. The van der Waals surface area contributed by atoms with E-state index < -0.39 is 14.9 Å². The predicted octanol–water partition coefficient (Wildman–Crippen LogP) is 1.11. The summed E-state index contributed by atoms with van der Waals surface area (Å²) >= 11 is 0. The van der Waals surface area contributed by atoms with E-state index in [0.29, 0.717) is 18.5 Å². The standard InChI is InChI=1S/C14H25NO6Si/c1-17-22(18-2,19-3)10-6-9-20-11-13(16)12-21-14-7-4-5-8-15-14/h4-5,7-8,13,16H,6,9-12H2,1-3H3. The van der Waals surface area contributed by atoms with Gasteiger partial charge in [-0.3, -0.25) is 0 Å². The molecule has 1 rings (SSSR count). The molecule has 0 amide bonds. The number of nitrogens with zero attached hydrogens (tertiary/aromatic N) is 1. The van der Waals surface area contributed by atoms with Crippen molar-refractivity contribution in [2.45, 2.75) is 18.6 Å². The monoisotopic (exact) mass is 331 g/mol. The third-order valence-electron chi connectivity index (χ3n) is 3.08. The Hall–Kier alpha value is -1.03. The van der Waals surface area contributed by atoms with Crippen molar-refractivity contribution in [3.8, 4) is 5.88 Å². The molecular formula is C14H25NO6Si. The van der Waals surface area contributed by atoms with E-state index in [1.165, 1.54) is 0 Å². The van der Waals surface area contributed by atoms with E-state index in [2.05, 4.69) is 4.98 Å². The van der Waals surface area contributed by atoms with Gasteiger partial charge in [0.1, 0.15) is 12.7 Å². The Morgan fingerprint density at radius 2 is 1.86 bits per heavy atom. The second kappa shape index (κ2) is 10.7. The number of rotatable bonds is 12. The highest BCUT2D eigenvalue weighted by molar-refractivity contribution is 6.60. The molecule has 1 N–H and O–H groups in total. The van der Waals surface area contributed by atoms with Crippen LogP contribution in [0.1, 0.15) is 6.42 Å². The van der Waals surface area contributed by atoms with Crippen LogP contribution in [0.4, 0.5) is 0 Å². The SMILES string of the molecule is CO[Si](CCCOCC(O)COc1ccccn1)(OC)OC. The normalized spacial score (nSPS) is 13.1. The summed E-state index contributed by atoms with van der Waals surface area (Å²) in [5, 5.41) is 9.77. The molecule has 1 atom stereocenters. The van der Waals surface area contributed by atoms with Crippen LogP contribution in [-0.4, -0.2) is 66.1 Å². The fourth-order valence-corrected chi connectivity index (χ4v) is 3.52. The molecular weight excluding hydrogens is 306 g/mol. The van der Waals surface area contributed by atoms with Crippen molar-refractivity contribution in [3.63, 3.8) is 0 Å². The molecule has 0 saturated carbocycles. The lowest BCUT2D eigenvalue weighted by molar-refractivity contribution is 0.0102. The second-order valence-corrected chi connectivity index (χ2v) is 7.70.